The monoisotopic (exact) mass is 286 g/mol. The highest BCUT2D eigenvalue weighted by Gasteiger charge is 2.25. The number of nitrogens with zero attached hydrogens (tertiary/aromatic N) is 2. The van der Waals surface area contributed by atoms with Crippen molar-refractivity contribution < 1.29 is 9.90 Å². The fraction of sp³-hybridized carbons (Fsp3) is 0.400. The minimum absolute atomic E-state index is 0.0346. The average Bonchev–Trinajstić information content (AvgIpc) is 2.49. The van der Waals surface area contributed by atoms with Gasteiger partial charge >= 0.3 is 5.97 Å². The molecule has 6 nitrogen and oxygen atoms in total. The van der Waals surface area contributed by atoms with E-state index in [-0.39, 0.29) is 17.8 Å². The standard InChI is InChI=1S/C15H18N4O2/c16-10-6-2-4-8-12(10)17-13-9-5-1-3-7-11(9)18-19-14(13)15(20)21/h1,3,5,7,10,12H,2,4,6,8,16H2,(H,17,18)(H,20,21). The van der Waals surface area contributed by atoms with Crippen LogP contribution in [0, 0.1) is 0 Å². The summed E-state index contributed by atoms with van der Waals surface area (Å²) in [6.07, 6.45) is 4.12. The van der Waals surface area contributed by atoms with Crippen LogP contribution in [-0.2, 0) is 0 Å². The van der Waals surface area contributed by atoms with Gasteiger partial charge in [-0.25, -0.2) is 4.79 Å². The van der Waals surface area contributed by atoms with Crippen molar-refractivity contribution in [3.8, 4) is 0 Å². The van der Waals surface area contributed by atoms with Gasteiger partial charge in [-0.2, -0.15) is 0 Å². The minimum atomic E-state index is -1.08. The summed E-state index contributed by atoms with van der Waals surface area (Å²) in [5.74, 6) is -1.08. The van der Waals surface area contributed by atoms with Crippen LogP contribution in [0.15, 0.2) is 24.3 Å². The van der Waals surface area contributed by atoms with Crippen molar-refractivity contribution in [3.05, 3.63) is 30.0 Å². The van der Waals surface area contributed by atoms with Gasteiger partial charge in [0.15, 0.2) is 5.69 Å². The third kappa shape index (κ3) is 2.67. The zero-order chi connectivity index (χ0) is 14.8. The van der Waals surface area contributed by atoms with E-state index in [4.69, 9.17) is 5.73 Å². The summed E-state index contributed by atoms with van der Waals surface area (Å²) in [5.41, 5.74) is 7.30. The lowest BCUT2D eigenvalue weighted by molar-refractivity contribution is 0.0690. The van der Waals surface area contributed by atoms with E-state index in [1.807, 2.05) is 24.3 Å². The normalized spacial score (nSPS) is 22.1. The topological polar surface area (TPSA) is 101 Å². The summed E-state index contributed by atoms with van der Waals surface area (Å²) < 4.78 is 0. The molecule has 21 heavy (non-hydrogen) atoms. The van der Waals surface area contributed by atoms with Crippen LogP contribution in [0.2, 0.25) is 0 Å². The number of hydrogen-bond acceptors (Lipinski definition) is 5. The predicted molar refractivity (Wildman–Crippen MR) is 80.4 cm³/mol. The molecule has 2 aromatic rings. The van der Waals surface area contributed by atoms with Gasteiger partial charge in [0.1, 0.15) is 0 Å². The average molecular weight is 286 g/mol. The van der Waals surface area contributed by atoms with Crippen molar-refractivity contribution in [1.29, 1.82) is 0 Å². The van der Waals surface area contributed by atoms with E-state index in [0.717, 1.165) is 31.1 Å². The van der Waals surface area contributed by atoms with Gasteiger partial charge in [0.2, 0.25) is 0 Å². The number of rotatable bonds is 3. The molecule has 3 rings (SSSR count). The molecule has 4 N–H and O–H groups in total. The van der Waals surface area contributed by atoms with Gasteiger partial charge < -0.3 is 16.2 Å². The smallest absolute Gasteiger partial charge is 0.358 e. The van der Waals surface area contributed by atoms with Gasteiger partial charge in [0.25, 0.3) is 0 Å². The van der Waals surface area contributed by atoms with Crippen molar-refractivity contribution in [2.75, 3.05) is 5.32 Å². The van der Waals surface area contributed by atoms with Crippen LogP contribution < -0.4 is 11.1 Å². The number of aromatic carboxylic acids is 1. The Morgan fingerprint density at radius 2 is 2.00 bits per heavy atom. The molecule has 2 unspecified atom stereocenters. The first-order valence-electron chi connectivity index (χ1n) is 7.17. The second-order valence-corrected chi connectivity index (χ2v) is 5.45. The van der Waals surface area contributed by atoms with E-state index in [1.165, 1.54) is 0 Å². The zero-order valence-electron chi connectivity index (χ0n) is 11.6. The molecule has 0 radical (unpaired) electrons. The van der Waals surface area contributed by atoms with Crippen LogP contribution in [-0.4, -0.2) is 33.4 Å². The number of aromatic nitrogens is 2. The quantitative estimate of drug-likeness (QED) is 0.798. The molecule has 1 aliphatic carbocycles. The van der Waals surface area contributed by atoms with Crippen molar-refractivity contribution in [3.63, 3.8) is 0 Å². The summed E-state index contributed by atoms with van der Waals surface area (Å²) >= 11 is 0. The van der Waals surface area contributed by atoms with Gasteiger partial charge in [-0.1, -0.05) is 31.0 Å². The molecule has 0 spiro atoms. The number of anilines is 1. The third-order valence-electron chi connectivity index (χ3n) is 4.02. The second-order valence-electron chi connectivity index (χ2n) is 5.45. The number of fused-ring (bicyclic) bond motifs is 1. The van der Waals surface area contributed by atoms with E-state index in [2.05, 4.69) is 15.5 Å². The third-order valence-corrected chi connectivity index (χ3v) is 4.02. The molecule has 0 saturated heterocycles. The van der Waals surface area contributed by atoms with Gasteiger partial charge in [-0.05, 0) is 18.9 Å². The largest absolute Gasteiger partial charge is 0.476 e. The predicted octanol–water partition coefficient (Wildman–Crippen LogP) is 2.01. The summed E-state index contributed by atoms with van der Waals surface area (Å²) in [4.78, 5) is 11.4. The molecule has 1 aliphatic rings. The molecule has 0 bridgehead atoms. The molecule has 0 aliphatic heterocycles. The zero-order valence-corrected chi connectivity index (χ0v) is 11.6. The molecular weight excluding hydrogens is 268 g/mol. The minimum Gasteiger partial charge on any atom is -0.476 e. The highest BCUT2D eigenvalue weighted by Crippen LogP contribution is 2.28. The fourth-order valence-corrected chi connectivity index (χ4v) is 2.87. The molecule has 1 aromatic carbocycles. The van der Waals surface area contributed by atoms with Crippen molar-refractivity contribution in [1.82, 2.24) is 10.2 Å². The van der Waals surface area contributed by atoms with E-state index in [1.54, 1.807) is 0 Å². The van der Waals surface area contributed by atoms with Crippen LogP contribution in [0.25, 0.3) is 10.9 Å². The number of carbonyl (C=O) groups is 1. The Morgan fingerprint density at radius 3 is 2.76 bits per heavy atom. The van der Waals surface area contributed by atoms with E-state index < -0.39 is 5.97 Å². The van der Waals surface area contributed by atoms with Crippen LogP contribution in [0.3, 0.4) is 0 Å². The SMILES string of the molecule is NC1CCCCC1Nc1c(C(=O)O)nnc2ccccc12. The lowest BCUT2D eigenvalue weighted by Crippen LogP contribution is -2.43. The van der Waals surface area contributed by atoms with Gasteiger partial charge in [-0.3, -0.25) is 0 Å². The first-order chi connectivity index (χ1) is 10.2. The summed E-state index contributed by atoms with van der Waals surface area (Å²) in [6.45, 7) is 0. The molecule has 0 amide bonds. The molecule has 6 heteroatoms. The van der Waals surface area contributed by atoms with Gasteiger partial charge in [0, 0.05) is 17.5 Å². The first kappa shape index (κ1) is 13.8. The van der Waals surface area contributed by atoms with E-state index in [0.29, 0.717) is 11.2 Å². The van der Waals surface area contributed by atoms with Gasteiger partial charge in [0.05, 0.1) is 11.2 Å². The molecule has 110 valence electrons. The van der Waals surface area contributed by atoms with Crippen molar-refractivity contribution >= 4 is 22.6 Å². The number of nitrogens with one attached hydrogen (secondary N) is 1. The Labute approximate surface area is 122 Å². The van der Waals surface area contributed by atoms with Crippen LogP contribution in [0.4, 0.5) is 5.69 Å². The van der Waals surface area contributed by atoms with Crippen LogP contribution in [0.5, 0.6) is 0 Å². The molecular formula is C15H18N4O2. The maximum Gasteiger partial charge on any atom is 0.358 e. The summed E-state index contributed by atoms with van der Waals surface area (Å²) in [6, 6.07) is 7.50. The van der Waals surface area contributed by atoms with Crippen LogP contribution in [0.1, 0.15) is 36.2 Å². The van der Waals surface area contributed by atoms with E-state index in [9.17, 15) is 9.90 Å². The maximum absolute atomic E-state index is 11.4. The molecule has 1 aromatic heterocycles. The first-order valence-corrected chi connectivity index (χ1v) is 7.17. The summed E-state index contributed by atoms with van der Waals surface area (Å²) in [7, 11) is 0. The number of hydrogen-bond donors (Lipinski definition) is 3. The Balaban J connectivity index is 2.05. The second kappa shape index (κ2) is 5.65. The maximum atomic E-state index is 11.4. The highest BCUT2D eigenvalue weighted by molar-refractivity contribution is 6.02. The number of carboxylic acid groups (broad SMARTS) is 1. The molecule has 1 saturated carbocycles. The van der Waals surface area contributed by atoms with Crippen molar-refractivity contribution in [2.45, 2.75) is 37.8 Å². The highest BCUT2D eigenvalue weighted by atomic mass is 16.4. The van der Waals surface area contributed by atoms with Gasteiger partial charge in [-0.15, -0.1) is 10.2 Å². The Bertz CT molecular complexity index is 674. The lowest BCUT2D eigenvalue weighted by atomic mass is 9.90. The molecule has 1 fully saturated rings. The lowest BCUT2D eigenvalue weighted by Gasteiger charge is -2.30. The Kier molecular flexibility index (Phi) is 3.70. The number of benzene rings is 1. The summed E-state index contributed by atoms with van der Waals surface area (Å²) in [5, 5.41) is 21.2. The molecule has 1 heterocycles. The Hall–Kier alpha value is -2.21. The van der Waals surface area contributed by atoms with Crippen molar-refractivity contribution in [2.24, 2.45) is 5.73 Å². The number of carboxylic acids is 1. The Morgan fingerprint density at radius 1 is 1.24 bits per heavy atom. The fourth-order valence-electron chi connectivity index (χ4n) is 2.87. The van der Waals surface area contributed by atoms with Crippen LogP contribution >= 0.6 is 0 Å². The molecule has 2 atom stereocenters. The number of nitrogens with two attached hydrogens (primary N) is 1. The van der Waals surface area contributed by atoms with E-state index >= 15 is 0 Å².